The predicted molar refractivity (Wildman–Crippen MR) is 140 cm³/mol. The molecule has 0 aliphatic carbocycles. The van der Waals surface area contributed by atoms with Crippen molar-refractivity contribution in [3.05, 3.63) is 91.7 Å². The summed E-state index contributed by atoms with van der Waals surface area (Å²) in [5.74, 6) is -0.265. The second kappa shape index (κ2) is 10.9. The van der Waals surface area contributed by atoms with Gasteiger partial charge in [0.15, 0.2) is 0 Å². The van der Waals surface area contributed by atoms with Gasteiger partial charge in [-0.2, -0.15) is 4.31 Å². The Bertz CT molecular complexity index is 1330. The maximum absolute atomic E-state index is 13.7. The monoisotopic (exact) mass is 527 g/mol. The average molecular weight is 528 g/mol. The number of rotatable bonds is 9. The second-order valence-electron chi connectivity index (χ2n) is 8.89. The third-order valence-electron chi connectivity index (χ3n) is 6.44. The fraction of sp³-hybridized carbons (Fsp3) is 0.346. The quantitative estimate of drug-likeness (QED) is 0.290. The summed E-state index contributed by atoms with van der Waals surface area (Å²) >= 11 is 1.68. The van der Waals surface area contributed by atoms with E-state index in [1.165, 1.54) is 33.4 Å². The van der Waals surface area contributed by atoms with Gasteiger partial charge in [0.1, 0.15) is 0 Å². The minimum atomic E-state index is -4.02. The van der Waals surface area contributed by atoms with Crippen LogP contribution < -0.4 is 0 Å². The van der Waals surface area contributed by atoms with E-state index in [4.69, 9.17) is 0 Å². The lowest BCUT2D eigenvalue weighted by Gasteiger charge is -2.37. The molecule has 0 saturated heterocycles. The molecule has 0 spiro atoms. The Hall–Kier alpha value is -3.08. The summed E-state index contributed by atoms with van der Waals surface area (Å²) in [4.78, 5) is 27.1. The minimum Gasteiger partial charge on any atom is -0.330 e. The predicted octanol–water partition coefficient (Wildman–Crippen LogP) is 4.93. The summed E-state index contributed by atoms with van der Waals surface area (Å²) in [6.07, 6.45) is 2.08. The van der Waals surface area contributed by atoms with Gasteiger partial charge in [-0.15, -0.1) is 11.3 Å². The topological polar surface area (TPSA) is 101 Å². The van der Waals surface area contributed by atoms with E-state index in [0.717, 1.165) is 29.5 Å². The van der Waals surface area contributed by atoms with E-state index >= 15 is 0 Å². The van der Waals surface area contributed by atoms with Gasteiger partial charge in [-0.3, -0.25) is 14.9 Å². The van der Waals surface area contributed by atoms with Crippen molar-refractivity contribution in [1.82, 2.24) is 9.21 Å². The molecular formula is C26H29N3O5S2. The third kappa shape index (κ3) is 5.35. The molecule has 0 bridgehead atoms. The molecule has 4 rings (SSSR count). The minimum absolute atomic E-state index is 0.0640. The number of carbonyl (C=O) groups excluding carboxylic acids is 1. The zero-order valence-corrected chi connectivity index (χ0v) is 21.9. The summed E-state index contributed by atoms with van der Waals surface area (Å²) in [6, 6.07) is 14.7. The molecule has 0 radical (unpaired) electrons. The summed E-state index contributed by atoms with van der Waals surface area (Å²) < 4.78 is 28.1. The highest BCUT2D eigenvalue weighted by Gasteiger charge is 2.35. The third-order valence-corrected chi connectivity index (χ3v) is 9.29. The Labute approximate surface area is 215 Å². The molecule has 2 aromatic carbocycles. The zero-order valence-electron chi connectivity index (χ0n) is 20.3. The number of nitrogens with zero attached hydrogens (tertiary/aromatic N) is 3. The van der Waals surface area contributed by atoms with E-state index in [1.54, 1.807) is 16.2 Å². The number of non-ortho nitro benzene ring substituents is 1. The first kappa shape index (κ1) is 26.0. The first-order chi connectivity index (χ1) is 17.2. The van der Waals surface area contributed by atoms with Gasteiger partial charge in [0.25, 0.3) is 5.69 Å². The van der Waals surface area contributed by atoms with Crippen molar-refractivity contribution in [2.24, 2.45) is 0 Å². The number of amides is 1. The van der Waals surface area contributed by atoms with Crippen molar-refractivity contribution in [2.75, 3.05) is 19.6 Å². The number of unbranched alkanes of at least 4 members (excludes halogenated alkanes) is 1. The maximum atomic E-state index is 13.7. The van der Waals surface area contributed by atoms with Crippen LogP contribution in [0.4, 0.5) is 5.69 Å². The van der Waals surface area contributed by atoms with E-state index in [9.17, 15) is 23.3 Å². The van der Waals surface area contributed by atoms with Gasteiger partial charge >= 0.3 is 0 Å². The lowest BCUT2D eigenvalue weighted by Crippen LogP contribution is -2.47. The Morgan fingerprint density at radius 2 is 1.83 bits per heavy atom. The van der Waals surface area contributed by atoms with Crippen molar-refractivity contribution in [1.29, 1.82) is 0 Å². The van der Waals surface area contributed by atoms with Crippen molar-refractivity contribution in [3.8, 4) is 0 Å². The SMILES string of the molecule is CCCCN(CC(=O)N1CCc2sccc2C1c1ccc(C)cc1)S(=O)(=O)c1ccc([N+](=O)[O-])cc1. The van der Waals surface area contributed by atoms with Crippen LogP contribution in [0.5, 0.6) is 0 Å². The van der Waals surface area contributed by atoms with E-state index in [-0.39, 0.29) is 35.6 Å². The van der Waals surface area contributed by atoms with Crippen LogP contribution in [0.15, 0.2) is 64.9 Å². The Morgan fingerprint density at radius 3 is 2.47 bits per heavy atom. The molecule has 1 aliphatic heterocycles. The van der Waals surface area contributed by atoms with Gasteiger partial charge in [-0.1, -0.05) is 43.2 Å². The molecule has 0 N–H and O–H groups in total. The van der Waals surface area contributed by atoms with Crippen LogP contribution in [0, 0.1) is 17.0 Å². The number of hydrogen-bond acceptors (Lipinski definition) is 6. The molecule has 1 aliphatic rings. The number of benzene rings is 2. The van der Waals surface area contributed by atoms with Gasteiger partial charge in [0.05, 0.1) is 22.4 Å². The Morgan fingerprint density at radius 1 is 1.14 bits per heavy atom. The van der Waals surface area contributed by atoms with Crippen molar-refractivity contribution >= 4 is 33.0 Å². The van der Waals surface area contributed by atoms with Gasteiger partial charge in [0.2, 0.25) is 15.9 Å². The maximum Gasteiger partial charge on any atom is 0.269 e. The number of fused-ring (bicyclic) bond motifs is 1. The molecule has 36 heavy (non-hydrogen) atoms. The largest absolute Gasteiger partial charge is 0.330 e. The molecular weight excluding hydrogens is 498 g/mol. The number of nitro groups is 1. The molecule has 10 heteroatoms. The number of carbonyl (C=O) groups is 1. The number of aryl methyl sites for hydroxylation is 1. The summed E-state index contributed by atoms with van der Waals surface area (Å²) in [5, 5.41) is 13.0. The van der Waals surface area contributed by atoms with Gasteiger partial charge in [-0.05, 0) is 54.5 Å². The van der Waals surface area contributed by atoms with Crippen LogP contribution in [0.1, 0.15) is 47.4 Å². The van der Waals surface area contributed by atoms with E-state index in [2.05, 4.69) is 0 Å². The fourth-order valence-electron chi connectivity index (χ4n) is 4.44. The number of nitro benzene ring substituents is 1. The van der Waals surface area contributed by atoms with Crippen LogP contribution in [0.25, 0.3) is 0 Å². The highest BCUT2D eigenvalue weighted by molar-refractivity contribution is 7.89. The second-order valence-corrected chi connectivity index (χ2v) is 11.8. The highest BCUT2D eigenvalue weighted by atomic mass is 32.2. The summed E-state index contributed by atoms with van der Waals surface area (Å²) in [6.45, 7) is 4.37. The molecule has 1 amide bonds. The van der Waals surface area contributed by atoms with Crippen LogP contribution in [0.2, 0.25) is 0 Å². The van der Waals surface area contributed by atoms with Crippen LogP contribution in [-0.4, -0.2) is 48.1 Å². The molecule has 190 valence electrons. The van der Waals surface area contributed by atoms with Gasteiger partial charge < -0.3 is 4.90 Å². The van der Waals surface area contributed by atoms with Crippen molar-refractivity contribution in [3.63, 3.8) is 0 Å². The summed E-state index contributed by atoms with van der Waals surface area (Å²) in [7, 11) is -4.02. The Balaban J connectivity index is 1.64. The summed E-state index contributed by atoms with van der Waals surface area (Å²) in [5.41, 5.74) is 3.01. The first-order valence-electron chi connectivity index (χ1n) is 11.9. The first-order valence-corrected chi connectivity index (χ1v) is 14.2. The molecule has 2 heterocycles. The molecule has 1 aromatic heterocycles. The molecule has 0 saturated carbocycles. The van der Waals surface area contributed by atoms with Gasteiger partial charge in [-0.25, -0.2) is 8.42 Å². The lowest BCUT2D eigenvalue weighted by atomic mass is 9.92. The normalized spacial score (nSPS) is 15.6. The molecule has 3 aromatic rings. The zero-order chi connectivity index (χ0) is 25.9. The standard InChI is InChI=1S/C26H29N3O5S2/c1-3-4-15-27(36(33,34)22-11-9-21(10-12-22)29(31)32)18-25(30)28-16-13-24-23(14-17-35-24)26(28)20-7-5-19(2)6-8-20/h5-12,14,17,26H,3-4,13,15-16,18H2,1-2H3. The van der Waals surface area contributed by atoms with Crippen LogP contribution >= 0.6 is 11.3 Å². The number of hydrogen-bond donors (Lipinski definition) is 0. The van der Waals surface area contributed by atoms with Gasteiger partial charge in [0, 0.05) is 30.1 Å². The molecule has 1 unspecified atom stereocenters. The highest BCUT2D eigenvalue weighted by Crippen LogP contribution is 2.38. The lowest BCUT2D eigenvalue weighted by molar-refractivity contribution is -0.384. The molecule has 8 nitrogen and oxygen atoms in total. The smallest absolute Gasteiger partial charge is 0.269 e. The Kier molecular flexibility index (Phi) is 7.87. The number of sulfonamides is 1. The number of thiophene rings is 1. The van der Waals surface area contributed by atoms with Crippen LogP contribution in [0.3, 0.4) is 0 Å². The average Bonchev–Trinajstić information content (AvgIpc) is 3.35. The van der Waals surface area contributed by atoms with E-state index in [0.29, 0.717) is 13.0 Å². The van der Waals surface area contributed by atoms with E-state index in [1.807, 2.05) is 49.6 Å². The van der Waals surface area contributed by atoms with Crippen molar-refractivity contribution in [2.45, 2.75) is 44.0 Å². The van der Waals surface area contributed by atoms with E-state index < -0.39 is 14.9 Å². The fourth-order valence-corrected chi connectivity index (χ4v) is 6.77. The van der Waals surface area contributed by atoms with Crippen LogP contribution in [-0.2, 0) is 21.2 Å². The van der Waals surface area contributed by atoms with Crippen molar-refractivity contribution < 1.29 is 18.1 Å². The molecule has 0 fully saturated rings. The molecule has 1 atom stereocenters.